The first-order valence-electron chi connectivity index (χ1n) is 7.78. The zero-order valence-electron chi connectivity index (χ0n) is 13.9. The van der Waals surface area contributed by atoms with Crippen molar-refractivity contribution < 1.29 is 0 Å². The molecule has 1 aromatic rings. The zero-order valence-corrected chi connectivity index (χ0v) is 13.9. The van der Waals surface area contributed by atoms with Crippen LogP contribution in [-0.4, -0.2) is 0 Å². The molecule has 0 heteroatoms. The summed E-state index contributed by atoms with van der Waals surface area (Å²) < 4.78 is 0. The normalized spacial score (nSPS) is 15.8. The summed E-state index contributed by atoms with van der Waals surface area (Å²) in [6.07, 6.45) is 1.31. The maximum absolute atomic E-state index is 2.39. The van der Waals surface area contributed by atoms with Crippen molar-refractivity contribution in [3.63, 3.8) is 0 Å². The molecule has 0 aliphatic rings. The second-order valence-corrected chi connectivity index (χ2v) is 7.79. The molecule has 1 aromatic carbocycles. The summed E-state index contributed by atoms with van der Waals surface area (Å²) in [5.74, 6) is 2.88. The SMILES string of the molecule is CC(C)CC(C(C)C)C(c1ccccc1)C(C)(C)C. The van der Waals surface area contributed by atoms with Crippen molar-refractivity contribution in [3.05, 3.63) is 35.9 Å². The average Bonchev–Trinajstić information content (AvgIpc) is 2.27. The molecule has 0 N–H and O–H groups in total. The fraction of sp³-hybridized carbons (Fsp3) is 0.684. The van der Waals surface area contributed by atoms with Gasteiger partial charge in [-0.3, -0.25) is 0 Å². The largest absolute Gasteiger partial charge is 0.0628 e. The molecule has 19 heavy (non-hydrogen) atoms. The molecule has 0 aliphatic heterocycles. The molecule has 0 bridgehead atoms. The van der Waals surface area contributed by atoms with E-state index in [2.05, 4.69) is 78.8 Å². The predicted molar refractivity (Wildman–Crippen MR) is 86.4 cm³/mol. The lowest BCUT2D eigenvalue weighted by Gasteiger charge is -2.40. The van der Waals surface area contributed by atoms with Gasteiger partial charge in [0.05, 0.1) is 0 Å². The van der Waals surface area contributed by atoms with Gasteiger partial charge in [0.1, 0.15) is 0 Å². The quantitative estimate of drug-likeness (QED) is 0.597. The molecular weight excluding hydrogens is 228 g/mol. The Morgan fingerprint density at radius 2 is 1.42 bits per heavy atom. The van der Waals surface area contributed by atoms with E-state index in [0.29, 0.717) is 11.3 Å². The molecule has 0 aromatic heterocycles. The second-order valence-electron chi connectivity index (χ2n) is 7.79. The maximum Gasteiger partial charge on any atom is -0.00824 e. The number of hydrogen-bond donors (Lipinski definition) is 0. The smallest absolute Gasteiger partial charge is 0.00824 e. The minimum Gasteiger partial charge on any atom is -0.0628 e. The Bertz CT molecular complexity index is 353. The van der Waals surface area contributed by atoms with E-state index in [0.717, 1.165) is 17.8 Å². The Kier molecular flexibility index (Phi) is 5.64. The molecule has 0 radical (unpaired) electrons. The monoisotopic (exact) mass is 260 g/mol. The highest BCUT2D eigenvalue weighted by Gasteiger charge is 2.35. The Balaban J connectivity index is 3.15. The highest BCUT2D eigenvalue weighted by Crippen LogP contribution is 2.45. The first-order chi connectivity index (χ1) is 8.73. The van der Waals surface area contributed by atoms with Gasteiger partial charge in [0.25, 0.3) is 0 Å². The second kappa shape index (κ2) is 6.59. The van der Waals surface area contributed by atoms with Crippen LogP contribution in [0, 0.1) is 23.2 Å². The lowest BCUT2D eigenvalue weighted by molar-refractivity contribution is 0.166. The van der Waals surface area contributed by atoms with Crippen molar-refractivity contribution in [2.45, 2.75) is 60.8 Å². The minimum absolute atomic E-state index is 0.311. The molecule has 0 amide bonds. The van der Waals surface area contributed by atoms with Crippen molar-refractivity contribution in [1.29, 1.82) is 0 Å². The summed E-state index contributed by atoms with van der Waals surface area (Å²) >= 11 is 0. The van der Waals surface area contributed by atoms with Gasteiger partial charge in [0, 0.05) is 0 Å². The molecule has 1 rings (SSSR count). The number of rotatable bonds is 5. The van der Waals surface area contributed by atoms with Crippen molar-refractivity contribution in [2.24, 2.45) is 23.2 Å². The summed E-state index contributed by atoms with van der Waals surface area (Å²) in [5, 5.41) is 0. The standard InChI is InChI=1S/C19H32/c1-14(2)13-17(15(3)4)18(19(5,6)7)16-11-9-8-10-12-16/h8-12,14-15,17-18H,13H2,1-7H3. The van der Waals surface area contributed by atoms with E-state index in [1.54, 1.807) is 0 Å². The Morgan fingerprint density at radius 3 is 1.79 bits per heavy atom. The van der Waals surface area contributed by atoms with Gasteiger partial charge in [-0.05, 0) is 41.1 Å². The highest BCUT2D eigenvalue weighted by atomic mass is 14.4. The third-order valence-electron chi connectivity index (χ3n) is 4.12. The molecule has 0 heterocycles. The fourth-order valence-electron chi connectivity index (χ4n) is 3.39. The van der Waals surface area contributed by atoms with Crippen molar-refractivity contribution in [1.82, 2.24) is 0 Å². The van der Waals surface area contributed by atoms with E-state index in [-0.39, 0.29) is 0 Å². The molecule has 0 nitrogen and oxygen atoms in total. The van der Waals surface area contributed by atoms with E-state index in [1.165, 1.54) is 12.0 Å². The van der Waals surface area contributed by atoms with Crippen LogP contribution in [0.15, 0.2) is 30.3 Å². The van der Waals surface area contributed by atoms with Crippen LogP contribution in [-0.2, 0) is 0 Å². The number of hydrogen-bond acceptors (Lipinski definition) is 0. The predicted octanol–water partition coefficient (Wildman–Crippen LogP) is 6.13. The van der Waals surface area contributed by atoms with Gasteiger partial charge >= 0.3 is 0 Å². The molecule has 0 fully saturated rings. The van der Waals surface area contributed by atoms with Gasteiger partial charge in [-0.15, -0.1) is 0 Å². The van der Waals surface area contributed by atoms with Crippen molar-refractivity contribution >= 4 is 0 Å². The van der Waals surface area contributed by atoms with Gasteiger partial charge < -0.3 is 0 Å². The molecule has 0 spiro atoms. The summed E-state index contributed by atoms with van der Waals surface area (Å²) in [6.45, 7) is 16.6. The molecule has 0 saturated heterocycles. The van der Waals surface area contributed by atoms with Gasteiger partial charge in [-0.25, -0.2) is 0 Å². The van der Waals surface area contributed by atoms with Crippen LogP contribution in [0.25, 0.3) is 0 Å². The molecule has 0 saturated carbocycles. The molecule has 2 unspecified atom stereocenters. The van der Waals surface area contributed by atoms with Crippen LogP contribution in [0.4, 0.5) is 0 Å². The van der Waals surface area contributed by atoms with Crippen LogP contribution in [0.3, 0.4) is 0 Å². The third kappa shape index (κ3) is 4.67. The minimum atomic E-state index is 0.311. The summed E-state index contributed by atoms with van der Waals surface area (Å²) in [5.41, 5.74) is 1.82. The van der Waals surface area contributed by atoms with E-state index < -0.39 is 0 Å². The Hall–Kier alpha value is -0.780. The van der Waals surface area contributed by atoms with E-state index >= 15 is 0 Å². The van der Waals surface area contributed by atoms with Gasteiger partial charge in [-0.1, -0.05) is 78.8 Å². The average molecular weight is 260 g/mol. The first-order valence-corrected chi connectivity index (χ1v) is 7.78. The number of benzene rings is 1. The molecular formula is C19H32. The Morgan fingerprint density at radius 1 is 0.895 bits per heavy atom. The van der Waals surface area contributed by atoms with Crippen molar-refractivity contribution in [2.75, 3.05) is 0 Å². The van der Waals surface area contributed by atoms with Crippen LogP contribution in [0.2, 0.25) is 0 Å². The van der Waals surface area contributed by atoms with Gasteiger partial charge in [-0.2, -0.15) is 0 Å². The van der Waals surface area contributed by atoms with Gasteiger partial charge in [0.15, 0.2) is 0 Å². The lowest BCUT2D eigenvalue weighted by Crippen LogP contribution is -2.30. The maximum atomic E-state index is 2.39. The van der Waals surface area contributed by atoms with Crippen LogP contribution >= 0.6 is 0 Å². The van der Waals surface area contributed by atoms with Crippen LogP contribution < -0.4 is 0 Å². The van der Waals surface area contributed by atoms with Crippen LogP contribution in [0.5, 0.6) is 0 Å². The van der Waals surface area contributed by atoms with E-state index in [1.807, 2.05) is 0 Å². The zero-order chi connectivity index (χ0) is 14.6. The summed E-state index contributed by atoms with van der Waals surface area (Å²) in [4.78, 5) is 0. The van der Waals surface area contributed by atoms with E-state index in [9.17, 15) is 0 Å². The fourth-order valence-corrected chi connectivity index (χ4v) is 3.39. The van der Waals surface area contributed by atoms with Crippen molar-refractivity contribution in [3.8, 4) is 0 Å². The van der Waals surface area contributed by atoms with Crippen LogP contribution in [0.1, 0.15) is 66.4 Å². The van der Waals surface area contributed by atoms with E-state index in [4.69, 9.17) is 0 Å². The first kappa shape index (κ1) is 16.3. The lowest BCUT2D eigenvalue weighted by atomic mass is 9.64. The Labute approximate surface area is 120 Å². The molecule has 108 valence electrons. The highest BCUT2D eigenvalue weighted by molar-refractivity contribution is 5.22. The molecule has 2 atom stereocenters. The third-order valence-corrected chi connectivity index (χ3v) is 4.12. The molecule has 0 aliphatic carbocycles. The topological polar surface area (TPSA) is 0 Å². The van der Waals surface area contributed by atoms with Gasteiger partial charge in [0.2, 0.25) is 0 Å². The summed E-state index contributed by atoms with van der Waals surface area (Å²) in [6, 6.07) is 11.1. The summed E-state index contributed by atoms with van der Waals surface area (Å²) in [7, 11) is 0.